The lowest BCUT2D eigenvalue weighted by Crippen LogP contribution is -1.89. The molecule has 54 valence electrons. The molecule has 10 heavy (non-hydrogen) atoms. The van der Waals surface area contributed by atoms with Crippen molar-refractivity contribution in [2.24, 2.45) is 12.2 Å². The Kier molecular flexibility index (Phi) is 1.85. The maximum Gasteiger partial charge on any atom is 0.218 e. The Balaban J connectivity index is 3.30. The van der Waals surface area contributed by atoms with Crippen LogP contribution in [0.4, 0.5) is 5.82 Å². The predicted octanol–water partition coefficient (Wildman–Crippen LogP) is 1.89. The van der Waals surface area contributed by atoms with Crippen molar-refractivity contribution in [2.45, 2.75) is 6.92 Å². The zero-order chi connectivity index (χ0) is 7.72. The molecule has 0 aliphatic heterocycles. The predicted molar refractivity (Wildman–Crippen MR) is 41.1 cm³/mol. The molecule has 0 radical (unpaired) electrons. The molecule has 0 fully saturated rings. The Labute approximate surface area is 66.4 Å². The quantitative estimate of drug-likeness (QED) is 0.655. The molecule has 5 heteroatoms. The third kappa shape index (κ3) is 0.965. The van der Waals surface area contributed by atoms with Crippen molar-refractivity contribution in [3.8, 4) is 0 Å². The van der Waals surface area contributed by atoms with Crippen molar-refractivity contribution in [2.75, 3.05) is 0 Å². The number of hydrogen-bond donors (Lipinski definition) is 0. The molecule has 0 spiro atoms. The Morgan fingerprint density at radius 2 is 2.30 bits per heavy atom. The van der Waals surface area contributed by atoms with E-state index in [1.54, 1.807) is 18.5 Å². The Hall–Kier alpha value is -0.710. The molecule has 1 heterocycles. The lowest BCUT2D eigenvalue weighted by atomic mass is 10.5. The molecule has 0 aliphatic carbocycles. The Morgan fingerprint density at radius 3 is 2.50 bits per heavy atom. The number of aromatic nitrogens is 2. The van der Waals surface area contributed by atoms with Crippen LogP contribution in [-0.2, 0) is 7.05 Å². The van der Waals surface area contributed by atoms with E-state index in [4.69, 9.17) is 0 Å². The number of nitroso groups, excluding NO2 is 1. The summed E-state index contributed by atoms with van der Waals surface area (Å²) in [5.74, 6) is 0.245. The highest BCUT2D eigenvalue weighted by atomic mass is 79.9. The summed E-state index contributed by atoms with van der Waals surface area (Å²) >= 11 is 3.16. The number of nitrogens with zero attached hydrogens (tertiary/aromatic N) is 3. The third-order valence-corrected chi connectivity index (χ3v) is 2.10. The molecular weight excluding hydrogens is 198 g/mol. The molecule has 0 saturated carbocycles. The molecule has 1 rings (SSSR count). The van der Waals surface area contributed by atoms with Gasteiger partial charge in [0, 0.05) is 7.05 Å². The lowest BCUT2D eigenvalue weighted by Gasteiger charge is -1.92. The van der Waals surface area contributed by atoms with E-state index in [0.29, 0.717) is 4.73 Å². The molecule has 0 saturated heterocycles. The van der Waals surface area contributed by atoms with Crippen molar-refractivity contribution in [1.82, 2.24) is 9.55 Å². The van der Waals surface area contributed by atoms with Gasteiger partial charge < -0.3 is 4.57 Å². The van der Waals surface area contributed by atoms with Gasteiger partial charge in [-0.1, -0.05) is 0 Å². The second kappa shape index (κ2) is 2.49. The lowest BCUT2D eigenvalue weighted by molar-refractivity contribution is 0.846. The van der Waals surface area contributed by atoms with Gasteiger partial charge in [0.25, 0.3) is 0 Å². The zero-order valence-electron chi connectivity index (χ0n) is 5.63. The van der Waals surface area contributed by atoms with Crippen LogP contribution in [0.5, 0.6) is 0 Å². The van der Waals surface area contributed by atoms with E-state index in [9.17, 15) is 4.91 Å². The maximum absolute atomic E-state index is 10.0. The first kappa shape index (κ1) is 7.40. The highest BCUT2D eigenvalue weighted by Crippen LogP contribution is 2.20. The molecule has 0 aromatic carbocycles. The molecular formula is C5H6BrN3O. The fourth-order valence-corrected chi connectivity index (χ4v) is 1.05. The minimum absolute atomic E-state index is 0.245. The largest absolute Gasteiger partial charge is 0.324 e. The van der Waals surface area contributed by atoms with E-state index >= 15 is 0 Å². The zero-order valence-corrected chi connectivity index (χ0v) is 7.21. The van der Waals surface area contributed by atoms with Crippen LogP contribution < -0.4 is 0 Å². The van der Waals surface area contributed by atoms with Crippen LogP contribution in [0.25, 0.3) is 0 Å². The first-order valence-corrected chi connectivity index (χ1v) is 3.48. The summed E-state index contributed by atoms with van der Waals surface area (Å²) in [4.78, 5) is 13.9. The van der Waals surface area contributed by atoms with Gasteiger partial charge in [-0.3, -0.25) is 0 Å². The van der Waals surface area contributed by atoms with Gasteiger partial charge >= 0.3 is 0 Å². The van der Waals surface area contributed by atoms with E-state index in [-0.39, 0.29) is 5.82 Å². The van der Waals surface area contributed by atoms with Crippen molar-refractivity contribution >= 4 is 21.7 Å². The smallest absolute Gasteiger partial charge is 0.218 e. The number of imidazole rings is 1. The van der Waals surface area contributed by atoms with Crippen molar-refractivity contribution < 1.29 is 0 Å². The van der Waals surface area contributed by atoms with Crippen LogP contribution in [0.2, 0.25) is 0 Å². The summed E-state index contributed by atoms with van der Waals surface area (Å²) in [7, 11) is 1.81. The van der Waals surface area contributed by atoms with Gasteiger partial charge in [0.15, 0.2) is 4.73 Å². The molecule has 4 nitrogen and oxygen atoms in total. The average molecular weight is 204 g/mol. The Morgan fingerprint density at radius 1 is 1.70 bits per heavy atom. The van der Waals surface area contributed by atoms with Crippen LogP contribution in [0.15, 0.2) is 9.91 Å². The van der Waals surface area contributed by atoms with Crippen LogP contribution in [0, 0.1) is 11.8 Å². The summed E-state index contributed by atoms with van der Waals surface area (Å²) in [6.07, 6.45) is 0. The SMILES string of the molecule is Cc1c(N=O)nc(Br)n1C. The van der Waals surface area contributed by atoms with Gasteiger partial charge in [-0.05, 0) is 28.0 Å². The van der Waals surface area contributed by atoms with Crippen molar-refractivity contribution in [1.29, 1.82) is 0 Å². The fourth-order valence-electron chi connectivity index (χ4n) is 0.618. The van der Waals surface area contributed by atoms with Crippen LogP contribution in [-0.4, -0.2) is 9.55 Å². The van der Waals surface area contributed by atoms with Crippen molar-refractivity contribution in [3.05, 3.63) is 15.3 Å². The van der Waals surface area contributed by atoms with Crippen LogP contribution in [0.3, 0.4) is 0 Å². The number of hydrogen-bond acceptors (Lipinski definition) is 3. The van der Waals surface area contributed by atoms with Crippen LogP contribution in [0.1, 0.15) is 5.69 Å². The standard InChI is InChI=1S/C5H6BrN3O/c1-3-4(8-10)7-5(6)9(3)2/h1-2H3. The molecule has 1 aromatic rings. The maximum atomic E-state index is 10.0. The molecule has 0 amide bonds. The highest BCUT2D eigenvalue weighted by Gasteiger charge is 2.07. The van der Waals surface area contributed by atoms with Gasteiger partial charge in [0.1, 0.15) is 0 Å². The molecule has 0 bridgehead atoms. The number of halogens is 1. The fraction of sp³-hybridized carbons (Fsp3) is 0.400. The minimum atomic E-state index is 0.245. The third-order valence-electron chi connectivity index (χ3n) is 1.39. The number of rotatable bonds is 1. The second-order valence-corrected chi connectivity index (χ2v) is 2.65. The van der Waals surface area contributed by atoms with E-state index in [1.165, 1.54) is 0 Å². The topological polar surface area (TPSA) is 47.2 Å². The molecule has 1 aromatic heterocycles. The summed E-state index contributed by atoms with van der Waals surface area (Å²) in [5, 5.41) is 2.74. The van der Waals surface area contributed by atoms with E-state index in [0.717, 1.165) is 5.69 Å². The van der Waals surface area contributed by atoms with E-state index in [2.05, 4.69) is 26.1 Å². The first-order chi connectivity index (χ1) is 4.66. The van der Waals surface area contributed by atoms with Gasteiger partial charge in [0.05, 0.1) is 5.69 Å². The molecule has 0 aliphatic rings. The van der Waals surface area contributed by atoms with Gasteiger partial charge in [-0.2, -0.15) is 4.98 Å². The van der Waals surface area contributed by atoms with Gasteiger partial charge in [0.2, 0.25) is 5.82 Å². The van der Waals surface area contributed by atoms with Crippen molar-refractivity contribution in [3.63, 3.8) is 0 Å². The van der Waals surface area contributed by atoms with Gasteiger partial charge in [-0.15, -0.1) is 4.91 Å². The molecule has 0 N–H and O–H groups in total. The highest BCUT2D eigenvalue weighted by molar-refractivity contribution is 9.10. The summed E-state index contributed by atoms with van der Waals surface area (Å²) < 4.78 is 2.37. The summed E-state index contributed by atoms with van der Waals surface area (Å²) in [5.41, 5.74) is 0.766. The average Bonchev–Trinajstić information content (AvgIpc) is 2.17. The Bertz CT molecular complexity index is 268. The summed E-state index contributed by atoms with van der Waals surface area (Å²) in [6, 6.07) is 0. The summed E-state index contributed by atoms with van der Waals surface area (Å²) in [6.45, 7) is 1.79. The molecule has 0 unspecified atom stereocenters. The van der Waals surface area contributed by atoms with Gasteiger partial charge in [-0.25, -0.2) is 0 Å². The minimum Gasteiger partial charge on any atom is -0.324 e. The monoisotopic (exact) mass is 203 g/mol. The second-order valence-electron chi connectivity index (χ2n) is 1.94. The van der Waals surface area contributed by atoms with E-state index in [1.807, 2.05) is 0 Å². The first-order valence-electron chi connectivity index (χ1n) is 2.69. The molecule has 0 atom stereocenters. The van der Waals surface area contributed by atoms with Crippen LogP contribution >= 0.6 is 15.9 Å². The normalized spacial score (nSPS) is 9.90. The van der Waals surface area contributed by atoms with E-state index < -0.39 is 0 Å².